The number of carbonyl (C=O) groups is 1. The molecule has 2 aliphatic carbocycles. The van der Waals surface area contributed by atoms with Crippen LogP contribution in [-0.2, 0) is 0 Å². The zero-order chi connectivity index (χ0) is 21.1. The van der Waals surface area contributed by atoms with E-state index in [0.29, 0.717) is 52.3 Å². The maximum absolute atomic E-state index is 12.8. The Labute approximate surface area is 184 Å². The Morgan fingerprint density at radius 1 is 1.07 bits per heavy atom. The van der Waals surface area contributed by atoms with E-state index in [1.54, 1.807) is 19.3 Å². The molecule has 2 saturated carbocycles. The molecule has 4 rings (SSSR count). The second-order valence-electron chi connectivity index (χ2n) is 7.92. The Hall–Kier alpha value is -2.47. The zero-order valence-corrected chi connectivity index (χ0v) is 18.5. The number of ketones is 1. The number of carbonyl (C=O) groups excluding carboxylic acids is 1. The molecular weight excluding hydrogens is 448 g/mol. The summed E-state index contributed by atoms with van der Waals surface area (Å²) in [7, 11) is 1.60. The first-order valence-electron chi connectivity index (χ1n) is 10.2. The molecule has 30 heavy (non-hydrogen) atoms. The summed E-state index contributed by atoms with van der Waals surface area (Å²) < 4.78 is 17.3. The van der Waals surface area contributed by atoms with Crippen LogP contribution in [0.2, 0.25) is 0 Å². The number of aromatic hydroxyl groups is 1. The van der Waals surface area contributed by atoms with Gasteiger partial charge < -0.3 is 19.3 Å². The van der Waals surface area contributed by atoms with Crippen molar-refractivity contribution in [3.63, 3.8) is 0 Å². The third kappa shape index (κ3) is 5.36. The molecule has 0 radical (unpaired) electrons. The highest BCUT2D eigenvalue weighted by Crippen LogP contribution is 2.36. The van der Waals surface area contributed by atoms with E-state index in [2.05, 4.69) is 15.9 Å². The van der Waals surface area contributed by atoms with Crippen LogP contribution in [0.1, 0.15) is 41.6 Å². The quantitative estimate of drug-likeness (QED) is 0.358. The lowest BCUT2D eigenvalue weighted by atomic mass is 10.1. The monoisotopic (exact) mass is 472 g/mol. The van der Waals surface area contributed by atoms with E-state index >= 15 is 0 Å². The number of phenols is 1. The summed E-state index contributed by atoms with van der Waals surface area (Å²) in [4.78, 5) is 12.8. The van der Waals surface area contributed by atoms with Gasteiger partial charge in [0.05, 0.1) is 24.8 Å². The van der Waals surface area contributed by atoms with Gasteiger partial charge in [0.25, 0.3) is 0 Å². The lowest BCUT2D eigenvalue weighted by molar-refractivity contribution is 0.104. The summed E-state index contributed by atoms with van der Waals surface area (Å²) in [6.07, 6.45) is 7.99. The van der Waals surface area contributed by atoms with Gasteiger partial charge in [-0.05, 0) is 83.3 Å². The fourth-order valence-electron chi connectivity index (χ4n) is 3.01. The van der Waals surface area contributed by atoms with Gasteiger partial charge in [0.15, 0.2) is 17.3 Å². The fourth-order valence-corrected chi connectivity index (χ4v) is 3.43. The summed E-state index contributed by atoms with van der Waals surface area (Å²) in [5.41, 5.74) is 1.17. The van der Waals surface area contributed by atoms with Crippen molar-refractivity contribution in [3.05, 3.63) is 52.0 Å². The minimum atomic E-state index is -0.234. The molecule has 2 aromatic rings. The van der Waals surface area contributed by atoms with Crippen LogP contribution in [0.15, 0.2) is 40.9 Å². The van der Waals surface area contributed by atoms with Crippen LogP contribution in [0.4, 0.5) is 0 Å². The maximum atomic E-state index is 12.8. The highest BCUT2D eigenvalue weighted by atomic mass is 79.9. The van der Waals surface area contributed by atoms with Crippen molar-refractivity contribution in [2.24, 2.45) is 11.8 Å². The lowest BCUT2D eigenvalue weighted by Crippen LogP contribution is -2.02. The molecule has 0 atom stereocenters. The van der Waals surface area contributed by atoms with Crippen LogP contribution in [0.5, 0.6) is 23.0 Å². The van der Waals surface area contributed by atoms with Crippen LogP contribution in [0, 0.1) is 11.8 Å². The summed E-state index contributed by atoms with van der Waals surface area (Å²) >= 11 is 3.30. The normalized spacial score (nSPS) is 15.9. The molecule has 0 amide bonds. The second-order valence-corrected chi connectivity index (χ2v) is 8.71. The van der Waals surface area contributed by atoms with Gasteiger partial charge in [-0.2, -0.15) is 0 Å². The lowest BCUT2D eigenvalue weighted by Gasteiger charge is -2.11. The Bertz CT molecular complexity index is 960. The van der Waals surface area contributed by atoms with Crippen LogP contribution in [-0.4, -0.2) is 31.2 Å². The van der Waals surface area contributed by atoms with Crippen molar-refractivity contribution in [1.82, 2.24) is 0 Å². The van der Waals surface area contributed by atoms with Crippen LogP contribution < -0.4 is 14.2 Å². The van der Waals surface area contributed by atoms with E-state index in [1.165, 1.54) is 37.8 Å². The maximum Gasteiger partial charge on any atom is 0.187 e. The molecule has 0 bridgehead atoms. The molecule has 0 spiro atoms. The predicted octanol–water partition coefficient (Wildman–Crippen LogP) is 5.64. The smallest absolute Gasteiger partial charge is 0.187 e. The highest BCUT2D eigenvalue weighted by Gasteiger charge is 2.23. The van der Waals surface area contributed by atoms with Crippen LogP contribution in [0.3, 0.4) is 0 Å². The van der Waals surface area contributed by atoms with E-state index in [9.17, 15) is 9.90 Å². The van der Waals surface area contributed by atoms with Crippen LogP contribution in [0.25, 0.3) is 6.08 Å². The minimum Gasteiger partial charge on any atom is -0.507 e. The van der Waals surface area contributed by atoms with Crippen molar-refractivity contribution >= 4 is 27.8 Å². The number of halogens is 1. The largest absolute Gasteiger partial charge is 0.507 e. The van der Waals surface area contributed by atoms with Crippen LogP contribution >= 0.6 is 15.9 Å². The number of hydrogen-bond acceptors (Lipinski definition) is 5. The van der Waals surface area contributed by atoms with E-state index in [1.807, 2.05) is 18.2 Å². The molecule has 1 N–H and O–H groups in total. The Morgan fingerprint density at radius 2 is 1.77 bits per heavy atom. The molecule has 0 aromatic heterocycles. The van der Waals surface area contributed by atoms with Crippen molar-refractivity contribution in [2.45, 2.75) is 25.7 Å². The van der Waals surface area contributed by atoms with Crippen molar-refractivity contribution in [3.8, 4) is 23.0 Å². The standard InChI is InChI=1S/C24H25BrO5/c1-28-23-10-15(7-9-22(23)30-14-17-4-5-17)6-8-20(26)19-11-18(12-21(27)24(19)25)29-13-16-2-3-16/h6-12,16-17,27H,2-5,13-14H2,1H3/b8-6+. The molecule has 6 heteroatoms. The molecular formula is C24H25BrO5. The van der Waals surface area contributed by atoms with Crippen molar-refractivity contribution < 1.29 is 24.1 Å². The first kappa shape index (κ1) is 20.8. The van der Waals surface area contributed by atoms with E-state index in [4.69, 9.17) is 14.2 Å². The first-order chi connectivity index (χ1) is 14.5. The first-order valence-corrected chi connectivity index (χ1v) is 11.0. The van der Waals surface area contributed by atoms with Gasteiger partial charge in [-0.25, -0.2) is 0 Å². The van der Waals surface area contributed by atoms with Gasteiger partial charge in [0.2, 0.25) is 0 Å². The van der Waals surface area contributed by atoms with Gasteiger partial charge in [-0.3, -0.25) is 4.79 Å². The zero-order valence-electron chi connectivity index (χ0n) is 16.9. The number of benzene rings is 2. The van der Waals surface area contributed by atoms with E-state index in [0.717, 1.165) is 5.56 Å². The van der Waals surface area contributed by atoms with Gasteiger partial charge in [-0.1, -0.05) is 12.1 Å². The van der Waals surface area contributed by atoms with E-state index < -0.39 is 0 Å². The summed E-state index contributed by atoms with van der Waals surface area (Å²) in [5.74, 6) is 2.84. The third-order valence-electron chi connectivity index (χ3n) is 5.26. The molecule has 0 aliphatic heterocycles. The molecule has 0 heterocycles. The summed E-state index contributed by atoms with van der Waals surface area (Å²) in [5, 5.41) is 10.2. The number of rotatable bonds is 10. The summed E-state index contributed by atoms with van der Waals surface area (Å²) in [6.45, 7) is 1.32. The predicted molar refractivity (Wildman–Crippen MR) is 119 cm³/mol. The average Bonchev–Trinajstić information content (AvgIpc) is 3.66. The van der Waals surface area contributed by atoms with Crippen molar-refractivity contribution in [1.29, 1.82) is 0 Å². The fraction of sp³-hybridized carbons (Fsp3) is 0.375. The number of allylic oxidation sites excluding steroid dienone is 1. The molecule has 158 valence electrons. The van der Waals surface area contributed by atoms with Gasteiger partial charge in [-0.15, -0.1) is 0 Å². The number of phenolic OH excluding ortho intramolecular Hbond substituents is 1. The number of methoxy groups -OCH3 is 1. The Morgan fingerprint density at radius 3 is 2.43 bits per heavy atom. The third-order valence-corrected chi connectivity index (χ3v) is 6.09. The molecule has 2 fully saturated rings. The Kier molecular flexibility index (Phi) is 6.32. The van der Waals surface area contributed by atoms with E-state index in [-0.39, 0.29) is 11.5 Å². The molecule has 2 aromatic carbocycles. The van der Waals surface area contributed by atoms with Gasteiger partial charge >= 0.3 is 0 Å². The van der Waals surface area contributed by atoms with Gasteiger partial charge in [0, 0.05) is 11.6 Å². The average molecular weight is 473 g/mol. The number of ether oxygens (including phenoxy) is 3. The number of hydrogen-bond donors (Lipinski definition) is 1. The molecule has 2 aliphatic rings. The van der Waals surface area contributed by atoms with Gasteiger partial charge in [0.1, 0.15) is 11.5 Å². The molecule has 0 unspecified atom stereocenters. The minimum absolute atomic E-state index is 0.0149. The SMILES string of the molecule is COc1cc(/C=C/C(=O)c2cc(OCC3CC3)cc(O)c2Br)ccc1OCC1CC1. The highest BCUT2D eigenvalue weighted by molar-refractivity contribution is 9.10. The van der Waals surface area contributed by atoms with Crippen molar-refractivity contribution in [2.75, 3.05) is 20.3 Å². The molecule has 5 nitrogen and oxygen atoms in total. The topological polar surface area (TPSA) is 65.0 Å². The second kappa shape index (κ2) is 9.13. The summed E-state index contributed by atoms with van der Waals surface area (Å²) in [6, 6.07) is 8.77. The Balaban J connectivity index is 1.46. The molecule has 0 saturated heterocycles.